The van der Waals surface area contributed by atoms with E-state index in [1.165, 1.54) is 11.8 Å². The molecule has 0 saturated carbocycles. The van der Waals surface area contributed by atoms with Crippen LogP contribution in [-0.2, 0) is 11.3 Å². The number of hydrogen-bond acceptors (Lipinski definition) is 5. The van der Waals surface area contributed by atoms with Crippen molar-refractivity contribution in [2.75, 3.05) is 17.2 Å². The number of para-hydroxylation sites is 3. The summed E-state index contributed by atoms with van der Waals surface area (Å²) in [5, 5.41) is 1.64. The smallest absolute Gasteiger partial charge is 0.239 e. The number of rotatable bonds is 6. The molecular formula is C20H20N4OS2. The van der Waals surface area contributed by atoms with E-state index in [4.69, 9.17) is 4.98 Å². The highest BCUT2D eigenvalue weighted by molar-refractivity contribution is 7.99. The summed E-state index contributed by atoms with van der Waals surface area (Å²) in [6.07, 6.45) is 0. The molecule has 7 heteroatoms. The van der Waals surface area contributed by atoms with Gasteiger partial charge in [-0.05, 0) is 38.1 Å². The zero-order valence-corrected chi connectivity index (χ0v) is 16.9. The fourth-order valence-corrected chi connectivity index (χ4v) is 5.07. The van der Waals surface area contributed by atoms with Gasteiger partial charge in [0.15, 0.2) is 10.3 Å². The molecule has 0 radical (unpaired) electrons. The van der Waals surface area contributed by atoms with Gasteiger partial charge in [-0.25, -0.2) is 9.97 Å². The van der Waals surface area contributed by atoms with E-state index in [-0.39, 0.29) is 5.91 Å². The Balaban J connectivity index is 1.54. The maximum Gasteiger partial charge on any atom is 0.239 e. The molecule has 5 nitrogen and oxygen atoms in total. The van der Waals surface area contributed by atoms with E-state index in [2.05, 4.69) is 22.5 Å². The van der Waals surface area contributed by atoms with Gasteiger partial charge in [0.2, 0.25) is 5.91 Å². The summed E-state index contributed by atoms with van der Waals surface area (Å²) >= 11 is 3.04. The molecular weight excluding hydrogens is 376 g/mol. The maximum atomic E-state index is 12.9. The van der Waals surface area contributed by atoms with Crippen molar-refractivity contribution in [2.45, 2.75) is 25.5 Å². The Hall–Kier alpha value is -2.38. The Morgan fingerprint density at radius 1 is 1.07 bits per heavy atom. The number of carbonyl (C=O) groups excluding carboxylic acids is 1. The predicted octanol–water partition coefficient (Wildman–Crippen LogP) is 4.81. The zero-order valence-electron chi connectivity index (χ0n) is 15.3. The molecule has 0 atom stereocenters. The third-order valence-corrected chi connectivity index (χ3v) is 6.41. The van der Waals surface area contributed by atoms with Crippen LogP contribution in [0.25, 0.3) is 21.3 Å². The first-order valence-electron chi connectivity index (χ1n) is 8.95. The average molecular weight is 397 g/mol. The normalized spacial score (nSPS) is 11.3. The fourth-order valence-electron chi connectivity index (χ4n) is 3.07. The average Bonchev–Trinajstić information content (AvgIpc) is 3.27. The quantitative estimate of drug-likeness (QED) is 0.439. The number of benzene rings is 2. The van der Waals surface area contributed by atoms with Gasteiger partial charge in [-0.15, -0.1) is 0 Å². The lowest BCUT2D eigenvalue weighted by atomic mass is 10.3. The number of imidazole rings is 1. The van der Waals surface area contributed by atoms with Gasteiger partial charge in [0.25, 0.3) is 0 Å². The van der Waals surface area contributed by atoms with E-state index < -0.39 is 0 Å². The minimum absolute atomic E-state index is 0.0521. The van der Waals surface area contributed by atoms with Crippen molar-refractivity contribution in [3.8, 4) is 0 Å². The fraction of sp³-hybridized carbons (Fsp3) is 0.250. The molecule has 0 saturated heterocycles. The first-order chi connectivity index (χ1) is 13.2. The van der Waals surface area contributed by atoms with E-state index >= 15 is 0 Å². The topological polar surface area (TPSA) is 51.0 Å². The summed E-state index contributed by atoms with van der Waals surface area (Å²) in [5.41, 5.74) is 3.01. The van der Waals surface area contributed by atoms with Crippen molar-refractivity contribution in [1.29, 1.82) is 0 Å². The van der Waals surface area contributed by atoms with E-state index in [9.17, 15) is 4.79 Å². The molecule has 2 heterocycles. The highest BCUT2D eigenvalue weighted by atomic mass is 32.2. The predicted molar refractivity (Wildman–Crippen MR) is 114 cm³/mol. The summed E-state index contributed by atoms with van der Waals surface area (Å²) in [6.45, 7) is 5.51. The highest BCUT2D eigenvalue weighted by Crippen LogP contribution is 2.30. The minimum atomic E-state index is 0.0521. The van der Waals surface area contributed by atoms with Gasteiger partial charge in [-0.1, -0.05) is 47.4 Å². The third-order valence-electron chi connectivity index (χ3n) is 4.39. The largest absolute Gasteiger partial charge is 0.319 e. The van der Waals surface area contributed by atoms with Gasteiger partial charge < -0.3 is 4.57 Å². The molecule has 2 aromatic heterocycles. The van der Waals surface area contributed by atoms with Crippen molar-refractivity contribution in [3.63, 3.8) is 0 Å². The maximum absolute atomic E-state index is 12.9. The molecule has 0 N–H and O–H groups in total. The van der Waals surface area contributed by atoms with Gasteiger partial charge in [0.05, 0.1) is 27.0 Å². The molecule has 2 aromatic carbocycles. The summed E-state index contributed by atoms with van der Waals surface area (Å²) in [7, 11) is 0. The van der Waals surface area contributed by atoms with Crippen LogP contribution in [0.5, 0.6) is 0 Å². The van der Waals surface area contributed by atoms with Crippen LogP contribution in [0.1, 0.15) is 13.8 Å². The number of aromatic nitrogens is 3. The minimum Gasteiger partial charge on any atom is -0.319 e. The molecule has 4 aromatic rings. The van der Waals surface area contributed by atoms with Crippen LogP contribution >= 0.6 is 23.1 Å². The van der Waals surface area contributed by atoms with Gasteiger partial charge in [-0.3, -0.25) is 9.69 Å². The van der Waals surface area contributed by atoms with Crippen molar-refractivity contribution < 1.29 is 4.79 Å². The van der Waals surface area contributed by atoms with Gasteiger partial charge in [-0.2, -0.15) is 0 Å². The lowest BCUT2D eigenvalue weighted by Gasteiger charge is -2.17. The number of hydrogen-bond donors (Lipinski definition) is 0. The van der Waals surface area contributed by atoms with Crippen LogP contribution < -0.4 is 4.90 Å². The van der Waals surface area contributed by atoms with Crippen LogP contribution in [0.2, 0.25) is 0 Å². The standard InChI is InChI=1S/C20H20N4OS2/c1-3-23-16-11-7-5-9-14(16)21-19(23)26-13-18(25)24(4-2)20-22-15-10-6-8-12-17(15)27-20/h5-12H,3-4,13H2,1-2H3. The number of thiazole rings is 1. The molecule has 0 aliphatic heterocycles. The van der Waals surface area contributed by atoms with Gasteiger partial charge in [0, 0.05) is 13.1 Å². The summed E-state index contributed by atoms with van der Waals surface area (Å²) < 4.78 is 3.25. The van der Waals surface area contributed by atoms with Crippen LogP contribution in [0.3, 0.4) is 0 Å². The Morgan fingerprint density at radius 3 is 2.56 bits per heavy atom. The van der Waals surface area contributed by atoms with Gasteiger partial charge >= 0.3 is 0 Å². The second-order valence-electron chi connectivity index (χ2n) is 6.02. The molecule has 0 bridgehead atoms. The molecule has 4 rings (SSSR count). The summed E-state index contributed by atoms with van der Waals surface area (Å²) in [4.78, 5) is 23.9. The number of thioether (sulfide) groups is 1. The van der Waals surface area contributed by atoms with Gasteiger partial charge in [0.1, 0.15) is 0 Å². The number of aryl methyl sites for hydroxylation is 1. The lowest BCUT2D eigenvalue weighted by molar-refractivity contribution is -0.116. The van der Waals surface area contributed by atoms with Crippen LogP contribution in [0, 0.1) is 0 Å². The number of fused-ring (bicyclic) bond motifs is 2. The molecule has 0 unspecified atom stereocenters. The van der Waals surface area contributed by atoms with Crippen molar-refractivity contribution in [2.24, 2.45) is 0 Å². The van der Waals surface area contributed by atoms with E-state index in [0.717, 1.165) is 38.1 Å². The van der Waals surface area contributed by atoms with Crippen LogP contribution in [0.15, 0.2) is 53.7 Å². The van der Waals surface area contributed by atoms with Crippen molar-refractivity contribution >= 4 is 55.4 Å². The Labute approximate surface area is 166 Å². The Kier molecular flexibility index (Phi) is 5.13. The second kappa shape index (κ2) is 7.70. The molecule has 0 aliphatic rings. The van der Waals surface area contributed by atoms with Crippen LogP contribution in [-0.4, -0.2) is 32.7 Å². The highest BCUT2D eigenvalue weighted by Gasteiger charge is 2.19. The van der Waals surface area contributed by atoms with E-state index in [1.807, 2.05) is 49.4 Å². The zero-order chi connectivity index (χ0) is 18.8. The van der Waals surface area contributed by atoms with Crippen molar-refractivity contribution in [3.05, 3.63) is 48.5 Å². The summed E-state index contributed by atoms with van der Waals surface area (Å²) in [5.74, 6) is 0.392. The number of amides is 1. The van der Waals surface area contributed by atoms with Crippen LogP contribution in [0.4, 0.5) is 5.13 Å². The number of nitrogens with zero attached hydrogens (tertiary/aromatic N) is 4. The second-order valence-corrected chi connectivity index (χ2v) is 7.97. The number of carbonyl (C=O) groups is 1. The molecule has 0 spiro atoms. The van der Waals surface area contributed by atoms with Crippen molar-refractivity contribution in [1.82, 2.24) is 14.5 Å². The monoisotopic (exact) mass is 396 g/mol. The Morgan fingerprint density at radius 2 is 1.81 bits per heavy atom. The molecule has 138 valence electrons. The molecule has 0 aliphatic carbocycles. The first kappa shape index (κ1) is 18.0. The molecule has 27 heavy (non-hydrogen) atoms. The molecule has 1 amide bonds. The first-order valence-corrected chi connectivity index (χ1v) is 10.8. The van der Waals surface area contributed by atoms with E-state index in [0.29, 0.717) is 12.3 Å². The number of anilines is 1. The Bertz CT molecular complexity index is 1070. The lowest BCUT2D eigenvalue weighted by Crippen LogP contribution is -2.32. The summed E-state index contributed by atoms with van der Waals surface area (Å²) in [6, 6.07) is 16.0. The van der Waals surface area contributed by atoms with E-state index in [1.54, 1.807) is 16.2 Å². The third kappa shape index (κ3) is 3.44. The molecule has 0 fully saturated rings. The SMILES string of the molecule is CCN(C(=O)CSc1nc2ccccc2n1CC)c1nc2ccccc2s1.